The molecule has 0 amide bonds. The number of alkyl halides is 1. The first-order valence-electron chi connectivity index (χ1n) is 7.52. The number of aryl methyl sites for hydroxylation is 2. The van der Waals surface area contributed by atoms with Crippen LogP contribution in [-0.4, -0.2) is 0 Å². The summed E-state index contributed by atoms with van der Waals surface area (Å²) in [6.45, 7) is 4.53. The minimum atomic E-state index is 0.601. The van der Waals surface area contributed by atoms with Gasteiger partial charge in [-0.1, -0.05) is 54.4 Å². The lowest BCUT2D eigenvalue weighted by atomic mass is 9.96. The molecule has 18 heavy (non-hydrogen) atoms. The van der Waals surface area contributed by atoms with Gasteiger partial charge in [-0.15, -0.1) is 0 Å². The third-order valence-electron chi connectivity index (χ3n) is 5.12. The number of hydrogen-bond acceptors (Lipinski definition) is 0. The molecule has 0 radical (unpaired) electrons. The number of rotatable bonds is 4. The zero-order chi connectivity index (χ0) is 12.7. The van der Waals surface area contributed by atoms with Gasteiger partial charge in [0.25, 0.3) is 0 Å². The van der Waals surface area contributed by atoms with E-state index in [4.69, 9.17) is 0 Å². The van der Waals surface area contributed by atoms with Crippen molar-refractivity contribution < 1.29 is 0 Å². The maximum Gasteiger partial charge on any atom is 0.0429 e. The van der Waals surface area contributed by atoms with Crippen LogP contribution in [-0.2, 0) is 12.8 Å². The van der Waals surface area contributed by atoms with Gasteiger partial charge in [0.15, 0.2) is 0 Å². The van der Waals surface area contributed by atoms with Gasteiger partial charge in [0.2, 0.25) is 0 Å². The third-order valence-corrected chi connectivity index (χ3v) is 6.26. The van der Waals surface area contributed by atoms with Gasteiger partial charge in [0.1, 0.15) is 0 Å². The summed E-state index contributed by atoms with van der Waals surface area (Å²) in [6.07, 6.45) is 6.75. The zero-order valence-electron chi connectivity index (χ0n) is 11.5. The molecule has 1 heteroatoms. The molecule has 0 heterocycles. The molecule has 98 valence electrons. The van der Waals surface area contributed by atoms with Crippen LogP contribution in [0.4, 0.5) is 0 Å². The summed E-state index contributed by atoms with van der Waals surface area (Å²) >= 11 is 3.98. The fourth-order valence-corrected chi connectivity index (χ4v) is 5.09. The van der Waals surface area contributed by atoms with E-state index in [9.17, 15) is 0 Å². The summed E-state index contributed by atoms with van der Waals surface area (Å²) in [4.78, 5) is 0.601. The predicted octanol–water partition coefficient (Wildman–Crippen LogP) is 5.29. The van der Waals surface area contributed by atoms with E-state index in [1.54, 1.807) is 5.56 Å². The van der Waals surface area contributed by atoms with Crippen LogP contribution in [0.15, 0.2) is 18.2 Å². The minimum absolute atomic E-state index is 0.601. The Bertz CT molecular complexity index is 427. The zero-order valence-corrected chi connectivity index (χ0v) is 13.0. The quantitative estimate of drug-likeness (QED) is 0.663. The molecule has 2 aliphatic rings. The average molecular weight is 307 g/mol. The van der Waals surface area contributed by atoms with Crippen molar-refractivity contribution in [2.75, 3.05) is 0 Å². The molecule has 3 rings (SSSR count). The Kier molecular flexibility index (Phi) is 3.53. The van der Waals surface area contributed by atoms with E-state index >= 15 is 0 Å². The monoisotopic (exact) mass is 306 g/mol. The Morgan fingerprint density at radius 1 is 1.11 bits per heavy atom. The van der Waals surface area contributed by atoms with Gasteiger partial charge in [-0.3, -0.25) is 0 Å². The van der Waals surface area contributed by atoms with Gasteiger partial charge in [-0.2, -0.15) is 0 Å². The Hall–Kier alpha value is -0.300. The summed E-state index contributed by atoms with van der Waals surface area (Å²) in [5.41, 5.74) is 4.59. The summed E-state index contributed by atoms with van der Waals surface area (Å²) in [7, 11) is 0. The lowest BCUT2D eigenvalue weighted by molar-refractivity contribution is 0.583. The van der Waals surface area contributed by atoms with Crippen LogP contribution in [0.25, 0.3) is 0 Å². The molecule has 0 bridgehead atoms. The van der Waals surface area contributed by atoms with Crippen molar-refractivity contribution in [3.63, 3.8) is 0 Å². The van der Waals surface area contributed by atoms with Crippen molar-refractivity contribution in [1.82, 2.24) is 0 Å². The van der Waals surface area contributed by atoms with E-state index in [2.05, 4.69) is 48.0 Å². The second kappa shape index (κ2) is 5.00. The number of fused-ring (bicyclic) bond motifs is 1. The molecule has 2 aliphatic carbocycles. The molecule has 0 N–H and O–H groups in total. The smallest absolute Gasteiger partial charge is 0.0429 e. The van der Waals surface area contributed by atoms with Crippen molar-refractivity contribution in [3.8, 4) is 0 Å². The maximum absolute atomic E-state index is 3.98. The Balaban J connectivity index is 1.79. The van der Waals surface area contributed by atoms with Gasteiger partial charge < -0.3 is 0 Å². The van der Waals surface area contributed by atoms with Crippen molar-refractivity contribution in [1.29, 1.82) is 0 Å². The highest BCUT2D eigenvalue weighted by atomic mass is 79.9. The molecule has 1 aromatic rings. The van der Waals surface area contributed by atoms with Gasteiger partial charge in [0, 0.05) is 4.83 Å². The molecule has 3 atom stereocenters. The minimum Gasteiger partial charge on any atom is -0.0836 e. The topological polar surface area (TPSA) is 0 Å². The molecule has 2 fully saturated rings. The second-order valence-corrected chi connectivity index (χ2v) is 6.96. The summed E-state index contributed by atoms with van der Waals surface area (Å²) in [6, 6.07) is 7.15. The van der Waals surface area contributed by atoms with E-state index in [0.29, 0.717) is 4.83 Å². The highest BCUT2D eigenvalue weighted by Crippen LogP contribution is 2.64. The first-order valence-corrected chi connectivity index (χ1v) is 8.43. The van der Waals surface area contributed by atoms with E-state index in [-0.39, 0.29) is 0 Å². The standard InChI is InChI=1S/C17H23Br/c1-3-11-8-9-13(10-12(11)4-2)17(18)16-14-6-5-7-15(14)16/h8-10,14-17H,3-7H2,1-2H3. The molecule has 3 unspecified atom stereocenters. The average Bonchev–Trinajstić information content (AvgIpc) is 2.89. The molecule has 0 aliphatic heterocycles. The largest absolute Gasteiger partial charge is 0.0836 e. The predicted molar refractivity (Wildman–Crippen MR) is 81.2 cm³/mol. The SMILES string of the molecule is CCc1ccc(C(Br)C2C3CCCC32)cc1CC. The molecule has 0 saturated heterocycles. The maximum atomic E-state index is 3.98. The van der Waals surface area contributed by atoms with Crippen LogP contribution in [0.2, 0.25) is 0 Å². The van der Waals surface area contributed by atoms with E-state index in [0.717, 1.165) is 30.6 Å². The molecule has 0 nitrogen and oxygen atoms in total. The normalized spacial score (nSPS) is 31.2. The van der Waals surface area contributed by atoms with Gasteiger partial charge >= 0.3 is 0 Å². The second-order valence-electron chi connectivity index (χ2n) is 5.97. The lowest BCUT2D eigenvalue weighted by Gasteiger charge is -2.15. The first kappa shape index (κ1) is 12.7. The van der Waals surface area contributed by atoms with E-state index in [1.165, 1.54) is 30.4 Å². The van der Waals surface area contributed by atoms with Crippen molar-refractivity contribution in [3.05, 3.63) is 34.9 Å². The fourth-order valence-electron chi connectivity index (χ4n) is 4.02. The van der Waals surface area contributed by atoms with Crippen LogP contribution in [0.5, 0.6) is 0 Å². The molecular weight excluding hydrogens is 284 g/mol. The summed E-state index contributed by atoms with van der Waals surface area (Å²) in [5.74, 6) is 2.99. The van der Waals surface area contributed by atoms with E-state index < -0.39 is 0 Å². The molecular formula is C17H23Br. The molecule has 0 spiro atoms. The van der Waals surface area contributed by atoms with Crippen LogP contribution >= 0.6 is 15.9 Å². The lowest BCUT2D eigenvalue weighted by Crippen LogP contribution is -2.01. The molecule has 0 aromatic heterocycles. The number of benzene rings is 1. The third kappa shape index (κ3) is 2.05. The van der Waals surface area contributed by atoms with Crippen molar-refractivity contribution in [2.45, 2.75) is 50.8 Å². The molecule has 1 aromatic carbocycles. The number of halogens is 1. The van der Waals surface area contributed by atoms with Gasteiger partial charge in [-0.25, -0.2) is 0 Å². The summed E-state index contributed by atoms with van der Waals surface area (Å²) < 4.78 is 0. The number of hydrogen-bond donors (Lipinski definition) is 0. The van der Waals surface area contributed by atoms with Crippen LogP contribution in [0.3, 0.4) is 0 Å². The Morgan fingerprint density at radius 2 is 1.78 bits per heavy atom. The fraction of sp³-hybridized carbons (Fsp3) is 0.647. The first-order chi connectivity index (χ1) is 8.76. The molecule has 2 saturated carbocycles. The van der Waals surface area contributed by atoms with Crippen LogP contribution < -0.4 is 0 Å². The Morgan fingerprint density at radius 3 is 2.39 bits per heavy atom. The van der Waals surface area contributed by atoms with Gasteiger partial charge in [0.05, 0.1) is 0 Å². The van der Waals surface area contributed by atoms with E-state index in [1.807, 2.05) is 0 Å². The van der Waals surface area contributed by atoms with Gasteiger partial charge in [-0.05, 0) is 60.1 Å². The van der Waals surface area contributed by atoms with Crippen LogP contribution in [0.1, 0.15) is 54.6 Å². The Labute approximate surface area is 119 Å². The highest BCUT2D eigenvalue weighted by molar-refractivity contribution is 9.09. The highest BCUT2D eigenvalue weighted by Gasteiger charge is 2.55. The van der Waals surface area contributed by atoms with Crippen LogP contribution in [0, 0.1) is 17.8 Å². The van der Waals surface area contributed by atoms with Crippen molar-refractivity contribution >= 4 is 15.9 Å². The summed E-state index contributed by atoms with van der Waals surface area (Å²) in [5, 5.41) is 0. The van der Waals surface area contributed by atoms with Crippen molar-refractivity contribution in [2.24, 2.45) is 17.8 Å².